The van der Waals surface area contributed by atoms with E-state index in [1.165, 1.54) is 0 Å². The topological polar surface area (TPSA) is 92.5 Å². The van der Waals surface area contributed by atoms with E-state index >= 15 is 0 Å². The molecule has 1 aliphatic heterocycles. The molecule has 0 saturated carbocycles. The van der Waals surface area contributed by atoms with E-state index < -0.39 is 10.0 Å². The number of nitrogens with one attached hydrogen (secondary N) is 1. The highest BCUT2D eigenvalue weighted by Gasteiger charge is 2.24. The molecule has 1 heterocycles. The molecular formula is C14H21N3O3S. The Hall–Kier alpha value is -1.60. The van der Waals surface area contributed by atoms with Crippen LogP contribution >= 0.6 is 0 Å². The number of nitrogens with two attached hydrogens (primary N) is 1. The van der Waals surface area contributed by atoms with Gasteiger partial charge in [-0.25, -0.2) is 8.42 Å². The number of hydrogen-bond acceptors (Lipinski definition) is 4. The van der Waals surface area contributed by atoms with Crippen molar-refractivity contribution in [3.63, 3.8) is 0 Å². The molecule has 3 N–H and O–H groups in total. The lowest BCUT2D eigenvalue weighted by Crippen LogP contribution is -2.45. The van der Waals surface area contributed by atoms with Gasteiger partial charge in [0.05, 0.1) is 17.5 Å². The largest absolute Gasteiger partial charge is 0.337 e. The Bertz CT molecular complexity index is 643. The van der Waals surface area contributed by atoms with Crippen LogP contribution in [0.5, 0.6) is 0 Å². The van der Waals surface area contributed by atoms with Crippen LogP contribution in [0.25, 0.3) is 0 Å². The Labute approximate surface area is 125 Å². The summed E-state index contributed by atoms with van der Waals surface area (Å²) < 4.78 is 25.3. The second-order valence-corrected chi connectivity index (χ2v) is 7.33. The predicted molar refractivity (Wildman–Crippen MR) is 82.8 cm³/mol. The van der Waals surface area contributed by atoms with E-state index in [0.717, 1.165) is 24.7 Å². The first-order valence-electron chi connectivity index (χ1n) is 6.89. The summed E-state index contributed by atoms with van der Waals surface area (Å²) in [7, 11) is -3.43. The average molecular weight is 311 g/mol. The third kappa shape index (κ3) is 4.18. The lowest BCUT2D eigenvalue weighted by atomic mass is 10.0. The van der Waals surface area contributed by atoms with Crippen LogP contribution in [0.2, 0.25) is 0 Å². The Kier molecular flexibility index (Phi) is 4.53. The van der Waals surface area contributed by atoms with Crippen molar-refractivity contribution in [3.8, 4) is 0 Å². The molecule has 0 aromatic heterocycles. The number of aryl methyl sites for hydroxylation is 1. The van der Waals surface area contributed by atoms with E-state index in [1.807, 2.05) is 6.92 Å². The molecule has 7 heteroatoms. The van der Waals surface area contributed by atoms with Gasteiger partial charge in [-0.05, 0) is 31.9 Å². The number of carbonyl (C=O) groups excluding carboxylic acids is 1. The van der Waals surface area contributed by atoms with Gasteiger partial charge in [-0.15, -0.1) is 0 Å². The van der Waals surface area contributed by atoms with E-state index in [1.54, 1.807) is 23.1 Å². The van der Waals surface area contributed by atoms with Crippen LogP contribution < -0.4 is 10.5 Å². The van der Waals surface area contributed by atoms with E-state index in [2.05, 4.69) is 4.72 Å². The Morgan fingerprint density at radius 2 is 2.14 bits per heavy atom. The van der Waals surface area contributed by atoms with Gasteiger partial charge in [0.2, 0.25) is 10.0 Å². The summed E-state index contributed by atoms with van der Waals surface area (Å²) in [5.41, 5.74) is 7.49. The van der Waals surface area contributed by atoms with Crippen molar-refractivity contribution >= 4 is 21.6 Å². The SMILES string of the molecule is Cc1ccc(NS(C)(=O)=O)c(C(=O)N2CCCC(N)C2)c1. The quantitative estimate of drug-likeness (QED) is 0.868. The summed E-state index contributed by atoms with van der Waals surface area (Å²) in [5.74, 6) is -0.181. The number of hydrogen-bond donors (Lipinski definition) is 2. The molecule has 1 saturated heterocycles. The van der Waals surface area contributed by atoms with Crippen LogP contribution in [0.4, 0.5) is 5.69 Å². The van der Waals surface area contributed by atoms with E-state index in [4.69, 9.17) is 5.73 Å². The van der Waals surface area contributed by atoms with Crippen molar-refractivity contribution in [2.24, 2.45) is 5.73 Å². The van der Waals surface area contributed by atoms with Crippen LogP contribution in [-0.2, 0) is 10.0 Å². The Morgan fingerprint density at radius 3 is 2.76 bits per heavy atom. The summed E-state index contributed by atoms with van der Waals surface area (Å²) >= 11 is 0. The molecule has 1 fully saturated rings. The molecular weight excluding hydrogens is 290 g/mol. The molecule has 21 heavy (non-hydrogen) atoms. The first kappa shape index (κ1) is 15.8. The van der Waals surface area contributed by atoms with Crippen molar-refractivity contribution < 1.29 is 13.2 Å². The maximum Gasteiger partial charge on any atom is 0.256 e. The first-order valence-corrected chi connectivity index (χ1v) is 8.79. The van der Waals surface area contributed by atoms with Gasteiger partial charge >= 0.3 is 0 Å². The number of nitrogens with zero attached hydrogens (tertiary/aromatic N) is 1. The fourth-order valence-corrected chi connectivity index (χ4v) is 3.07. The fourth-order valence-electron chi connectivity index (χ4n) is 2.49. The van der Waals surface area contributed by atoms with Crippen LogP contribution in [0.1, 0.15) is 28.8 Å². The van der Waals surface area contributed by atoms with Gasteiger partial charge < -0.3 is 10.6 Å². The molecule has 1 aliphatic rings. The highest BCUT2D eigenvalue weighted by atomic mass is 32.2. The number of likely N-dealkylation sites (tertiary alicyclic amines) is 1. The molecule has 116 valence electrons. The predicted octanol–water partition coefficient (Wildman–Crippen LogP) is 0.930. The average Bonchev–Trinajstić information content (AvgIpc) is 2.38. The number of rotatable bonds is 3. The first-order chi connectivity index (χ1) is 9.76. The molecule has 0 bridgehead atoms. The maximum atomic E-state index is 12.6. The smallest absolute Gasteiger partial charge is 0.256 e. The summed E-state index contributed by atoms with van der Waals surface area (Å²) in [5, 5.41) is 0. The zero-order chi connectivity index (χ0) is 15.6. The van der Waals surface area contributed by atoms with Gasteiger partial charge in [0.1, 0.15) is 0 Å². The Morgan fingerprint density at radius 1 is 1.43 bits per heavy atom. The second-order valence-electron chi connectivity index (χ2n) is 5.58. The lowest BCUT2D eigenvalue weighted by molar-refractivity contribution is 0.0710. The van der Waals surface area contributed by atoms with Gasteiger partial charge in [0.15, 0.2) is 0 Å². The van der Waals surface area contributed by atoms with Gasteiger partial charge in [-0.1, -0.05) is 11.6 Å². The summed E-state index contributed by atoms with van der Waals surface area (Å²) in [6, 6.07) is 5.08. The molecule has 1 atom stereocenters. The molecule has 0 aliphatic carbocycles. The third-order valence-electron chi connectivity index (χ3n) is 3.45. The third-order valence-corrected chi connectivity index (χ3v) is 4.04. The van der Waals surface area contributed by atoms with Gasteiger partial charge in [-0.2, -0.15) is 0 Å². The number of anilines is 1. The van der Waals surface area contributed by atoms with Gasteiger partial charge in [-0.3, -0.25) is 9.52 Å². The van der Waals surface area contributed by atoms with Crippen molar-refractivity contribution in [1.29, 1.82) is 0 Å². The van der Waals surface area contributed by atoms with Crippen LogP contribution in [0, 0.1) is 6.92 Å². The van der Waals surface area contributed by atoms with E-state index in [9.17, 15) is 13.2 Å². The number of piperidine rings is 1. The number of carbonyl (C=O) groups is 1. The molecule has 1 unspecified atom stereocenters. The second kappa shape index (κ2) is 6.03. The summed E-state index contributed by atoms with van der Waals surface area (Å²) in [4.78, 5) is 14.3. The molecule has 6 nitrogen and oxygen atoms in total. The van der Waals surface area contributed by atoms with Gasteiger partial charge in [0.25, 0.3) is 5.91 Å². The highest BCUT2D eigenvalue weighted by Crippen LogP contribution is 2.22. The highest BCUT2D eigenvalue weighted by molar-refractivity contribution is 7.92. The normalized spacial score (nSPS) is 19.4. The van der Waals surface area contributed by atoms with Crippen LogP contribution in [-0.4, -0.2) is 44.6 Å². The summed E-state index contributed by atoms with van der Waals surface area (Å²) in [6.45, 7) is 3.02. The van der Waals surface area contributed by atoms with Crippen molar-refractivity contribution in [3.05, 3.63) is 29.3 Å². The van der Waals surface area contributed by atoms with Crippen LogP contribution in [0.3, 0.4) is 0 Å². The van der Waals surface area contributed by atoms with Crippen molar-refractivity contribution in [2.75, 3.05) is 24.1 Å². The van der Waals surface area contributed by atoms with Crippen LogP contribution in [0.15, 0.2) is 18.2 Å². The minimum atomic E-state index is -3.43. The molecule has 0 spiro atoms. The van der Waals surface area contributed by atoms with Gasteiger partial charge in [0, 0.05) is 19.1 Å². The minimum absolute atomic E-state index is 0.0150. The number of benzene rings is 1. The molecule has 0 radical (unpaired) electrons. The number of amides is 1. The van der Waals surface area contributed by atoms with Crippen molar-refractivity contribution in [2.45, 2.75) is 25.8 Å². The summed E-state index contributed by atoms with van der Waals surface area (Å²) in [6.07, 6.45) is 2.84. The van der Waals surface area contributed by atoms with E-state index in [-0.39, 0.29) is 11.9 Å². The molecule has 1 aromatic carbocycles. The number of sulfonamides is 1. The minimum Gasteiger partial charge on any atom is -0.337 e. The lowest BCUT2D eigenvalue weighted by Gasteiger charge is -2.31. The zero-order valence-electron chi connectivity index (χ0n) is 12.3. The fraction of sp³-hybridized carbons (Fsp3) is 0.500. The molecule has 1 aromatic rings. The maximum absolute atomic E-state index is 12.6. The molecule has 2 rings (SSSR count). The zero-order valence-corrected chi connectivity index (χ0v) is 13.1. The van der Waals surface area contributed by atoms with Crippen molar-refractivity contribution in [1.82, 2.24) is 4.90 Å². The Balaban J connectivity index is 2.32. The van der Waals surface area contributed by atoms with E-state index in [0.29, 0.717) is 24.3 Å². The molecule has 1 amide bonds. The monoisotopic (exact) mass is 311 g/mol. The standard InChI is InChI=1S/C14H21N3O3S/c1-10-5-6-13(16-21(2,19)20)12(8-10)14(18)17-7-3-4-11(15)9-17/h5-6,8,11,16H,3-4,7,9,15H2,1-2H3.